The molecule has 0 heterocycles. The van der Waals surface area contributed by atoms with Gasteiger partial charge in [-0.2, -0.15) is 0 Å². The lowest BCUT2D eigenvalue weighted by Gasteiger charge is -2.19. The second kappa shape index (κ2) is 6.87. The van der Waals surface area contributed by atoms with Gasteiger partial charge >= 0.3 is 12.1 Å². The van der Waals surface area contributed by atoms with E-state index in [0.717, 1.165) is 0 Å². The van der Waals surface area contributed by atoms with Crippen molar-refractivity contribution in [2.45, 2.75) is 32.8 Å². The molecule has 0 atom stereocenters. The molecule has 0 aliphatic heterocycles. The Hall–Kier alpha value is -1.52. The van der Waals surface area contributed by atoms with E-state index in [2.05, 4.69) is 10.1 Å². The zero-order valence-electron chi connectivity index (χ0n) is 10.2. The lowest BCUT2D eigenvalue weighted by atomic mass is 10.2. The smallest absolute Gasteiger partial charge is 0.407 e. The van der Waals surface area contributed by atoms with Gasteiger partial charge in [-0.05, 0) is 27.2 Å². The van der Waals surface area contributed by atoms with Crippen LogP contribution in [0.5, 0.6) is 0 Å². The van der Waals surface area contributed by atoms with Gasteiger partial charge in [0.25, 0.3) is 0 Å². The molecule has 16 heavy (non-hydrogen) atoms. The van der Waals surface area contributed by atoms with Crippen LogP contribution in [0.1, 0.15) is 27.2 Å². The standard InChI is InChI=1S/C11H19NO4/c1-11(2,3)16-10(14)12-8-6-5-7-9(13)15-4/h5,7H,6,8H2,1-4H3,(H,12,14). The predicted octanol–water partition coefficient (Wildman–Crippen LogP) is 1.63. The molecule has 1 N–H and O–H groups in total. The number of ether oxygens (including phenoxy) is 2. The maximum atomic E-state index is 11.2. The fraction of sp³-hybridized carbons (Fsp3) is 0.636. The van der Waals surface area contributed by atoms with Crippen LogP contribution in [0, 0.1) is 0 Å². The summed E-state index contributed by atoms with van der Waals surface area (Å²) in [6.07, 6.45) is 3.04. The van der Waals surface area contributed by atoms with Gasteiger partial charge in [0.1, 0.15) is 5.60 Å². The van der Waals surface area contributed by atoms with Crippen molar-refractivity contribution in [1.82, 2.24) is 5.32 Å². The number of amides is 1. The fourth-order valence-electron chi connectivity index (χ4n) is 0.819. The third kappa shape index (κ3) is 9.05. The van der Waals surface area contributed by atoms with E-state index in [4.69, 9.17) is 4.74 Å². The zero-order chi connectivity index (χ0) is 12.6. The number of carbonyl (C=O) groups excluding carboxylic acids is 2. The number of hydrogen-bond donors (Lipinski definition) is 1. The van der Waals surface area contributed by atoms with Gasteiger partial charge in [0, 0.05) is 12.6 Å². The molecule has 0 aromatic carbocycles. The van der Waals surface area contributed by atoms with Crippen LogP contribution in [0.15, 0.2) is 12.2 Å². The van der Waals surface area contributed by atoms with Gasteiger partial charge in [-0.15, -0.1) is 0 Å². The average molecular weight is 229 g/mol. The molecule has 0 rings (SSSR count). The van der Waals surface area contributed by atoms with Gasteiger partial charge in [-0.1, -0.05) is 6.08 Å². The predicted molar refractivity (Wildman–Crippen MR) is 60.0 cm³/mol. The highest BCUT2D eigenvalue weighted by molar-refractivity contribution is 5.81. The Morgan fingerprint density at radius 3 is 2.44 bits per heavy atom. The minimum absolute atomic E-state index is 0.405. The molecule has 0 aliphatic carbocycles. The van der Waals surface area contributed by atoms with Crippen molar-refractivity contribution in [2.24, 2.45) is 0 Å². The van der Waals surface area contributed by atoms with Gasteiger partial charge in [-0.25, -0.2) is 9.59 Å². The van der Waals surface area contributed by atoms with E-state index in [1.165, 1.54) is 13.2 Å². The highest BCUT2D eigenvalue weighted by Crippen LogP contribution is 2.06. The molecule has 1 amide bonds. The molecular weight excluding hydrogens is 210 g/mol. The Morgan fingerprint density at radius 2 is 1.94 bits per heavy atom. The average Bonchev–Trinajstić information content (AvgIpc) is 2.14. The molecule has 0 saturated heterocycles. The van der Waals surface area contributed by atoms with Crippen molar-refractivity contribution >= 4 is 12.1 Å². The van der Waals surface area contributed by atoms with E-state index < -0.39 is 17.7 Å². The van der Waals surface area contributed by atoms with Gasteiger partial charge in [0.05, 0.1) is 7.11 Å². The first kappa shape index (κ1) is 14.5. The molecule has 0 unspecified atom stereocenters. The lowest BCUT2D eigenvalue weighted by Crippen LogP contribution is -2.32. The molecule has 0 spiro atoms. The largest absolute Gasteiger partial charge is 0.466 e. The van der Waals surface area contributed by atoms with Gasteiger partial charge in [0.15, 0.2) is 0 Å². The van der Waals surface area contributed by atoms with Crippen molar-refractivity contribution in [3.8, 4) is 0 Å². The van der Waals surface area contributed by atoms with E-state index in [9.17, 15) is 9.59 Å². The number of alkyl carbamates (subject to hydrolysis) is 1. The van der Waals surface area contributed by atoms with Gasteiger partial charge in [-0.3, -0.25) is 0 Å². The first-order chi connectivity index (χ1) is 7.35. The van der Waals surface area contributed by atoms with Gasteiger partial charge in [0.2, 0.25) is 0 Å². The van der Waals surface area contributed by atoms with E-state index in [0.29, 0.717) is 13.0 Å². The highest BCUT2D eigenvalue weighted by Gasteiger charge is 2.15. The van der Waals surface area contributed by atoms with Crippen LogP contribution in [-0.2, 0) is 14.3 Å². The highest BCUT2D eigenvalue weighted by atomic mass is 16.6. The van der Waals surface area contributed by atoms with E-state index >= 15 is 0 Å². The Balaban J connectivity index is 3.64. The first-order valence-electron chi connectivity index (χ1n) is 5.06. The molecule has 92 valence electrons. The van der Waals surface area contributed by atoms with E-state index in [-0.39, 0.29) is 0 Å². The third-order valence-electron chi connectivity index (χ3n) is 1.43. The summed E-state index contributed by atoms with van der Waals surface area (Å²) in [6, 6.07) is 0. The Labute approximate surface area is 95.8 Å². The number of methoxy groups -OCH3 is 1. The van der Waals surface area contributed by atoms with Crippen LogP contribution >= 0.6 is 0 Å². The number of carbonyl (C=O) groups is 2. The minimum atomic E-state index is -0.494. The minimum Gasteiger partial charge on any atom is -0.466 e. The van der Waals surface area contributed by atoms with E-state index in [1.807, 2.05) is 0 Å². The quantitative estimate of drug-likeness (QED) is 0.452. The second-order valence-corrected chi connectivity index (χ2v) is 4.14. The first-order valence-corrected chi connectivity index (χ1v) is 5.06. The Bertz CT molecular complexity index is 266. The normalized spacial score (nSPS) is 11.2. The van der Waals surface area contributed by atoms with Crippen molar-refractivity contribution in [1.29, 1.82) is 0 Å². The lowest BCUT2D eigenvalue weighted by molar-refractivity contribution is -0.134. The number of hydrogen-bond acceptors (Lipinski definition) is 4. The van der Waals surface area contributed by atoms with Crippen LogP contribution in [-0.4, -0.2) is 31.3 Å². The molecule has 0 radical (unpaired) electrons. The summed E-state index contributed by atoms with van der Waals surface area (Å²) < 4.78 is 9.43. The van der Waals surface area contributed by atoms with Crippen molar-refractivity contribution in [3.05, 3.63) is 12.2 Å². The summed E-state index contributed by atoms with van der Waals surface area (Å²) in [5, 5.41) is 2.57. The molecule has 5 heteroatoms. The molecule has 0 aromatic heterocycles. The zero-order valence-corrected chi connectivity index (χ0v) is 10.2. The van der Waals surface area contributed by atoms with Gasteiger partial charge < -0.3 is 14.8 Å². The fourth-order valence-corrected chi connectivity index (χ4v) is 0.819. The topological polar surface area (TPSA) is 64.6 Å². The second-order valence-electron chi connectivity index (χ2n) is 4.14. The maximum absolute atomic E-state index is 11.2. The maximum Gasteiger partial charge on any atom is 0.407 e. The third-order valence-corrected chi connectivity index (χ3v) is 1.43. The molecule has 0 aromatic rings. The summed E-state index contributed by atoms with van der Waals surface area (Å²) in [5.41, 5.74) is -0.494. The Kier molecular flexibility index (Phi) is 6.22. The summed E-state index contributed by atoms with van der Waals surface area (Å²) in [5.74, 6) is -0.405. The van der Waals surface area contributed by atoms with Crippen LogP contribution in [0.4, 0.5) is 4.79 Å². The van der Waals surface area contributed by atoms with Crippen LogP contribution in [0.25, 0.3) is 0 Å². The van der Waals surface area contributed by atoms with Crippen molar-refractivity contribution < 1.29 is 19.1 Å². The van der Waals surface area contributed by atoms with Crippen molar-refractivity contribution in [2.75, 3.05) is 13.7 Å². The molecule has 0 bridgehead atoms. The summed E-state index contributed by atoms with van der Waals surface area (Å²) >= 11 is 0. The van der Waals surface area contributed by atoms with Crippen LogP contribution < -0.4 is 5.32 Å². The Morgan fingerprint density at radius 1 is 1.31 bits per heavy atom. The SMILES string of the molecule is COC(=O)C=CCCNC(=O)OC(C)(C)C. The van der Waals surface area contributed by atoms with E-state index in [1.54, 1.807) is 26.8 Å². The number of nitrogens with one attached hydrogen (secondary N) is 1. The molecule has 0 saturated carbocycles. The summed E-state index contributed by atoms with van der Waals surface area (Å²) in [6.45, 7) is 5.81. The monoisotopic (exact) mass is 229 g/mol. The molecule has 0 aliphatic rings. The molecule has 0 fully saturated rings. The number of esters is 1. The van der Waals surface area contributed by atoms with Crippen LogP contribution in [0.3, 0.4) is 0 Å². The number of rotatable bonds is 4. The summed E-state index contributed by atoms with van der Waals surface area (Å²) in [4.78, 5) is 21.8. The molecular formula is C11H19NO4. The molecule has 5 nitrogen and oxygen atoms in total. The van der Waals surface area contributed by atoms with Crippen molar-refractivity contribution in [3.63, 3.8) is 0 Å². The summed E-state index contributed by atoms with van der Waals surface area (Å²) in [7, 11) is 1.31. The van der Waals surface area contributed by atoms with Crippen LogP contribution in [0.2, 0.25) is 0 Å².